The smallest absolute Gasteiger partial charge is 0.292 e. The topological polar surface area (TPSA) is 49.6 Å². The fourth-order valence-electron chi connectivity index (χ4n) is 2.32. The van der Waals surface area contributed by atoms with Crippen molar-refractivity contribution >= 4 is 11.4 Å². The number of anilines is 1. The molecule has 100 valence electrons. The summed E-state index contributed by atoms with van der Waals surface area (Å²) in [5.41, 5.74) is 0.892. The molecule has 1 aliphatic rings. The van der Waals surface area contributed by atoms with Gasteiger partial charge in [-0.3, -0.25) is 15.0 Å². The van der Waals surface area contributed by atoms with Crippen LogP contribution in [0.1, 0.15) is 6.42 Å². The number of hydrogen-bond acceptors (Lipinski definition) is 4. The number of hydrogen-bond donors (Lipinski definition) is 0. The molecule has 19 heavy (non-hydrogen) atoms. The highest BCUT2D eigenvalue weighted by Crippen LogP contribution is 2.28. The van der Waals surface area contributed by atoms with Crippen LogP contribution in [0.3, 0.4) is 0 Å². The predicted octanol–water partition coefficient (Wildman–Crippen LogP) is 1.74. The molecule has 0 aliphatic carbocycles. The Morgan fingerprint density at radius 3 is 2.58 bits per heavy atom. The van der Waals surface area contributed by atoms with E-state index < -0.39 is 0 Å². The molecule has 0 radical (unpaired) electrons. The summed E-state index contributed by atoms with van der Waals surface area (Å²) in [6, 6.07) is 6.91. The second-order valence-electron chi connectivity index (χ2n) is 4.53. The number of para-hydroxylation sites is 2. The van der Waals surface area contributed by atoms with E-state index >= 15 is 0 Å². The van der Waals surface area contributed by atoms with Gasteiger partial charge in [0.05, 0.1) is 4.92 Å². The van der Waals surface area contributed by atoms with Crippen molar-refractivity contribution in [2.45, 2.75) is 6.42 Å². The van der Waals surface area contributed by atoms with Gasteiger partial charge in [0.2, 0.25) is 0 Å². The summed E-state index contributed by atoms with van der Waals surface area (Å²) in [5.74, 6) is 2.64. The largest absolute Gasteiger partial charge is 0.363 e. The summed E-state index contributed by atoms with van der Waals surface area (Å²) in [6.07, 6.45) is 6.01. The lowest BCUT2D eigenvalue weighted by Crippen LogP contribution is -2.46. The molecule has 1 aliphatic heterocycles. The molecule has 1 aromatic rings. The molecule has 1 saturated heterocycles. The van der Waals surface area contributed by atoms with Gasteiger partial charge in [-0.25, -0.2) is 0 Å². The molecule has 5 nitrogen and oxygen atoms in total. The first-order valence-corrected chi connectivity index (χ1v) is 6.36. The number of nitro benzene ring substituents is 1. The van der Waals surface area contributed by atoms with Crippen molar-refractivity contribution in [2.75, 3.05) is 37.6 Å². The van der Waals surface area contributed by atoms with Crippen LogP contribution in [-0.4, -0.2) is 42.5 Å². The van der Waals surface area contributed by atoms with E-state index in [0.29, 0.717) is 5.69 Å². The first-order chi connectivity index (χ1) is 9.22. The third-order valence-electron chi connectivity index (χ3n) is 3.36. The van der Waals surface area contributed by atoms with E-state index in [4.69, 9.17) is 6.42 Å². The summed E-state index contributed by atoms with van der Waals surface area (Å²) < 4.78 is 0. The summed E-state index contributed by atoms with van der Waals surface area (Å²) >= 11 is 0. The Hall–Kier alpha value is -2.06. The number of nitro groups is 1. The molecule has 0 N–H and O–H groups in total. The van der Waals surface area contributed by atoms with Crippen LogP contribution in [-0.2, 0) is 0 Å². The molecule has 2 rings (SSSR count). The summed E-state index contributed by atoms with van der Waals surface area (Å²) in [5, 5.41) is 11.0. The van der Waals surface area contributed by atoms with Crippen molar-refractivity contribution in [2.24, 2.45) is 0 Å². The zero-order valence-corrected chi connectivity index (χ0v) is 10.8. The highest BCUT2D eigenvalue weighted by Gasteiger charge is 2.22. The Balaban J connectivity index is 2.02. The molecule has 1 aromatic carbocycles. The molecule has 0 aromatic heterocycles. The molecule has 0 unspecified atom stereocenters. The third kappa shape index (κ3) is 3.24. The van der Waals surface area contributed by atoms with Gasteiger partial charge in [-0.2, -0.15) is 0 Å². The SMILES string of the molecule is C#CCCN1CCN(c2ccccc2[N+](=O)[O-])CC1. The molecule has 0 amide bonds. The minimum atomic E-state index is -0.319. The minimum Gasteiger partial charge on any atom is -0.363 e. The van der Waals surface area contributed by atoms with Gasteiger partial charge in [-0.05, 0) is 6.07 Å². The van der Waals surface area contributed by atoms with E-state index in [9.17, 15) is 10.1 Å². The lowest BCUT2D eigenvalue weighted by molar-refractivity contribution is -0.384. The molecular formula is C14H17N3O2. The Morgan fingerprint density at radius 2 is 1.95 bits per heavy atom. The molecule has 0 bridgehead atoms. The maximum atomic E-state index is 11.0. The van der Waals surface area contributed by atoms with E-state index in [-0.39, 0.29) is 10.6 Å². The summed E-state index contributed by atoms with van der Waals surface area (Å²) in [4.78, 5) is 15.1. The van der Waals surface area contributed by atoms with Crippen molar-refractivity contribution in [3.63, 3.8) is 0 Å². The van der Waals surface area contributed by atoms with Crippen LogP contribution in [0.5, 0.6) is 0 Å². The Labute approximate surface area is 113 Å². The molecule has 1 heterocycles. The van der Waals surface area contributed by atoms with E-state index in [1.165, 1.54) is 0 Å². The number of rotatable bonds is 4. The van der Waals surface area contributed by atoms with Crippen LogP contribution in [0.15, 0.2) is 24.3 Å². The zero-order valence-electron chi connectivity index (χ0n) is 10.8. The zero-order chi connectivity index (χ0) is 13.7. The second kappa shape index (κ2) is 6.21. The molecule has 0 saturated carbocycles. The molecular weight excluding hydrogens is 242 g/mol. The predicted molar refractivity (Wildman–Crippen MR) is 75.2 cm³/mol. The first-order valence-electron chi connectivity index (χ1n) is 6.36. The van der Waals surface area contributed by atoms with Crippen molar-refractivity contribution in [3.05, 3.63) is 34.4 Å². The van der Waals surface area contributed by atoms with E-state index in [1.54, 1.807) is 12.1 Å². The number of nitrogens with zero attached hydrogens (tertiary/aromatic N) is 3. The first kappa shape index (κ1) is 13.4. The van der Waals surface area contributed by atoms with Crippen molar-refractivity contribution < 1.29 is 4.92 Å². The van der Waals surface area contributed by atoms with Crippen molar-refractivity contribution in [1.29, 1.82) is 0 Å². The fourth-order valence-corrected chi connectivity index (χ4v) is 2.32. The van der Waals surface area contributed by atoms with Crippen LogP contribution in [0.2, 0.25) is 0 Å². The third-order valence-corrected chi connectivity index (χ3v) is 3.36. The number of piperazine rings is 1. The molecule has 0 atom stereocenters. The van der Waals surface area contributed by atoms with Gasteiger partial charge < -0.3 is 4.90 Å². The number of terminal acetylenes is 1. The molecule has 5 heteroatoms. The van der Waals surface area contributed by atoms with Gasteiger partial charge in [0.15, 0.2) is 0 Å². The average Bonchev–Trinajstić information content (AvgIpc) is 2.45. The minimum absolute atomic E-state index is 0.180. The van der Waals surface area contributed by atoms with Crippen molar-refractivity contribution in [1.82, 2.24) is 4.90 Å². The normalized spacial score (nSPS) is 16.1. The fraction of sp³-hybridized carbons (Fsp3) is 0.429. The van der Waals surface area contributed by atoms with Gasteiger partial charge in [-0.1, -0.05) is 12.1 Å². The Kier molecular flexibility index (Phi) is 4.37. The maximum absolute atomic E-state index is 11.0. The van der Waals surface area contributed by atoms with Gasteiger partial charge in [0, 0.05) is 45.2 Å². The Morgan fingerprint density at radius 1 is 1.26 bits per heavy atom. The maximum Gasteiger partial charge on any atom is 0.292 e. The van der Waals surface area contributed by atoms with Gasteiger partial charge >= 0.3 is 0 Å². The lowest BCUT2D eigenvalue weighted by Gasteiger charge is -2.35. The van der Waals surface area contributed by atoms with Crippen LogP contribution < -0.4 is 4.90 Å². The Bertz CT molecular complexity index is 488. The van der Waals surface area contributed by atoms with E-state index in [1.807, 2.05) is 12.1 Å². The second-order valence-corrected chi connectivity index (χ2v) is 4.53. The van der Waals surface area contributed by atoms with Crippen LogP contribution in [0.4, 0.5) is 11.4 Å². The van der Waals surface area contributed by atoms with E-state index in [0.717, 1.165) is 39.1 Å². The van der Waals surface area contributed by atoms with Crippen molar-refractivity contribution in [3.8, 4) is 12.3 Å². The quantitative estimate of drug-likeness (QED) is 0.469. The van der Waals surface area contributed by atoms with Crippen LogP contribution in [0, 0.1) is 22.5 Å². The van der Waals surface area contributed by atoms with Gasteiger partial charge in [0.25, 0.3) is 5.69 Å². The summed E-state index contributed by atoms with van der Waals surface area (Å²) in [7, 11) is 0. The monoisotopic (exact) mass is 259 g/mol. The highest BCUT2D eigenvalue weighted by molar-refractivity contribution is 5.63. The summed E-state index contributed by atoms with van der Waals surface area (Å²) in [6.45, 7) is 4.30. The lowest BCUT2D eigenvalue weighted by atomic mass is 10.2. The molecule has 1 fully saturated rings. The van der Waals surface area contributed by atoms with Crippen LogP contribution >= 0.6 is 0 Å². The molecule has 0 spiro atoms. The average molecular weight is 259 g/mol. The number of benzene rings is 1. The van der Waals surface area contributed by atoms with E-state index in [2.05, 4.69) is 15.7 Å². The van der Waals surface area contributed by atoms with Gasteiger partial charge in [0.1, 0.15) is 5.69 Å². The van der Waals surface area contributed by atoms with Gasteiger partial charge in [-0.15, -0.1) is 12.3 Å². The van der Waals surface area contributed by atoms with Crippen LogP contribution in [0.25, 0.3) is 0 Å². The highest BCUT2D eigenvalue weighted by atomic mass is 16.6. The standard InChI is InChI=1S/C14H17N3O2/c1-2-3-8-15-9-11-16(12-10-15)13-6-4-5-7-14(13)17(18)19/h1,4-7H,3,8-12H2.